The average molecular weight is 249 g/mol. The Balaban J connectivity index is 2.30. The highest BCUT2D eigenvalue weighted by molar-refractivity contribution is 5.63. The first-order valence-electron chi connectivity index (χ1n) is 6.30. The first kappa shape index (κ1) is 12.8. The van der Waals surface area contributed by atoms with E-state index in [0.29, 0.717) is 12.2 Å². The number of aryl methyl sites for hydroxylation is 1. The number of hydrogen-bond acceptors (Lipinski definition) is 4. The van der Waals surface area contributed by atoms with Crippen LogP contribution in [0.15, 0.2) is 18.2 Å². The highest BCUT2D eigenvalue weighted by Gasteiger charge is 2.33. The van der Waals surface area contributed by atoms with E-state index < -0.39 is 0 Å². The lowest BCUT2D eigenvalue weighted by Gasteiger charge is -2.29. The second-order valence-corrected chi connectivity index (χ2v) is 5.09. The summed E-state index contributed by atoms with van der Waals surface area (Å²) in [5.41, 5.74) is 7.28. The van der Waals surface area contributed by atoms with E-state index in [1.54, 1.807) is 12.1 Å². The Morgan fingerprint density at radius 3 is 2.67 bits per heavy atom. The molecule has 5 nitrogen and oxygen atoms in total. The molecule has 1 aliphatic carbocycles. The maximum atomic E-state index is 11.1. The highest BCUT2D eigenvalue weighted by Crippen LogP contribution is 2.35. The third-order valence-corrected chi connectivity index (χ3v) is 3.70. The Morgan fingerprint density at radius 2 is 2.11 bits per heavy atom. The van der Waals surface area contributed by atoms with E-state index in [0.717, 1.165) is 31.2 Å². The molecule has 0 aliphatic heterocycles. The summed E-state index contributed by atoms with van der Waals surface area (Å²) >= 11 is 0. The molecule has 0 atom stereocenters. The second kappa shape index (κ2) is 4.94. The van der Waals surface area contributed by atoms with E-state index in [9.17, 15) is 10.1 Å². The van der Waals surface area contributed by atoms with E-state index in [1.807, 2.05) is 13.0 Å². The fraction of sp³-hybridized carbons (Fsp3) is 0.538. The fourth-order valence-corrected chi connectivity index (χ4v) is 2.62. The zero-order valence-corrected chi connectivity index (χ0v) is 10.6. The van der Waals surface area contributed by atoms with E-state index in [-0.39, 0.29) is 16.1 Å². The van der Waals surface area contributed by atoms with E-state index in [4.69, 9.17) is 5.73 Å². The number of benzene rings is 1. The van der Waals surface area contributed by atoms with Gasteiger partial charge in [-0.3, -0.25) is 10.1 Å². The van der Waals surface area contributed by atoms with Crippen molar-refractivity contribution < 1.29 is 4.92 Å². The monoisotopic (exact) mass is 249 g/mol. The minimum Gasteiger partial charge on any atom is -0.373 e. The van der Waals surface area contributed by atoms with Crippen molar-refractivity contribution >= 4 is 11.4 Å². The van der Waals surface area contributed by atoms with Gasteiger partial charge in [0, 0.05) is 18.2 Å². The molecule has 1 saturated carbocycles. The van der Waals surface area contributed by atoms with Crippen LogP contribution >= 0.6 is 0 Å². The zero-order chi connectivity index (χ0) is 13.2. The van der Waals surface area contributed by atoms with Crippen LogP contribution in [0, 0.1) is 17.0 Å². The molecule has 1 fully saturated rings. The summed E-state index contributed by atoms with van der Waals surface area (Å²) in [4.78, 5) is 10.7. The van der Waals surface area contributed by atoms with Crippen molar-refractivity contribution in [3.63, 3.8) is 0 Å². The van der Waals surface area contributed by atoms with Gasteiger partial charge in [0.25, 0.3) is 5.69 Å². The van der Waals surface area contributed by atoms with Crippen molar-refractivity contribution in [2.45, 2.75) is 38.1 Å². The molecule has 1 aromatic rings. The summed E-state index contributed by atoms with van der Waals surface area (Å²) in [6, 6.07) is 5.26. The predicted octanol–water partition coefficient (Wildman–Crippen LogP) is 2.59. The predicted molar refractivity (Wildman–Crippen MR) is 71.7 cm³/mol. The SMILES string of the molecule is Cc1ccc(NC2(CN)CCCC2)c([N+](=O)[O-])c1. The number of rotatable bonds is 4. The highest BCUT2D eigenvalue weighted by atomic mass is 16.6. The Labute approximate surface area is 107 Å². The van der Waals surface area contributed by atoms with Gasteiger partial charge in [0.1, 0.15) is 5.69 Å². The Morgan fingerprint density at radius 1 is 1.44 bits per heavy atom. The normalized spacial score (nSPS) is 17.7. The Hall–Kier alpha value is -1.62. The van der Waals surface area contributed by atoms with E-state index >= 15 is 0 Å². The van der Waals surface area contributed by atoms with Crippen LogP contribution in [0.3, 0.4) is 0 Å². The van der Waals surface area contributed by atoms with Crippen LogP contribution < -0.4 is 11.1 Å². The standard InChI is InChI=1S/C13H19N3O2/c1-10-4-5-11(12(8-10)16(17)18)15-13(9-14)6-2-3-7-13/h4-5,8,15H,2-3,6-7,9,14H2,1H3. The summed E-state index contributed by atoms with van der Waals surface area (Å²) < 4.78 is 0. The molecule has 18 heavy (non-hydrogen) atoms. The lowest BCUT2D eigenvalue weighted by molar-refractivity contribution is -0.384. The largest absolute Gasteiger partial charge is 0.373 e. The number of nitrogens with zero attached hydrogens (tertiary/aromatic N) is 1. The van der Waals surface area contributed by atoms with Crippen molar-refractivity contribution in [3.05, 3.63) is 33.9 Å². The second-order valence-electron chi connectivity index (χ2n) is 5.09. The zero-order valence-electron chi connectivity index (χ0n) is 10.6. The molecule has 1 aliphatic rings. The maximum Gasteiger partial charge on any atom is 0.292 e. The molecule has 0 radical (unpaired) electrons. The van der Waals surface area contributed by atoms with Crippen molar-refractivity contribution in [3.8, 4) is 0 Å². The molecule has 0 saturated heterocycles. The van der Waals surface area contributed by atoms with Crippen LogP contribution in [0.25, 0.3) is 0 Å². The molecule has 98 valence electrons. The van der Waals surface area contributed by atoms with Crippen LogP contribution in [0.1, 0.15) is 31.2 Å². The quantitative estimate of drug-likeness (QED) is 0.634. The van der Waals surface area contributed by atoms with Gasteiger partial charge in [0.15, 0.2) is 0 Å². The molecule has 0 bridgehead atoms. The summed E-state index contributed by atoms with van der Waals surface area (Å²) in [7, 11) is 0. The minimum atomic E-state index is -0.339. The molecular formula is C13H19N3O2. The van der Waals surface area contributed by atoms with Gasteiger partial charge in [-0.05, 0) is 31.4 Å². The van der Waals surface area contributed by atoms with Gasteiger partial charge >= 0.3 is 0 Å². The number of nitrogens with two attached hydrogens (primary N) is 1. The third kappa shape index (κ3) is 2.46. The van der Waals surface area contributed by atoms with Gasteiger partial charge in [-0.1, -0.05) is 18.9 Å². The molecule has 0 amide bonds. The lowest BCUT2D eigenvalue weighted by Crippen LogP contribution is -2.42. The Bertz CT molecular complexity index is 454. The molecule has 2 rings (SSSR count). The molecule has 5 heteroatoms. The number of nitro groups is 1. The fourth-order valence-electron chi connectivity index (χ4n) is 2.62. The molecule has 1 aromatic carbocycles. The van der Waals surface area contributed by atoms with Gasteiger partial charge in [0.05, 0.1) is 4.92 Å². The maximum absolute atomic E-state index is 11.1. The van der Waals surface area contributed by atoms with Crippen molar-refractivity contribution in [1.29, 1.82) is 0 Å². The summed E-state index contributed by atoms with van der Waals surface area (Å²) in [5, 5.41) is 14.4. The number of nitro benzene ring substituents is 1. The van der Waals surface area contributed by atoms with Gasteiger partial charge < -0.3 is 11.1 Å². The van der Waals surface area contributed by atoms with Crippen LogP contribution in [0.4, 0.5) is 11.4 Å². The van der Waals surface area contributed by atoms with E-state index in [1.165, 1.54) is 0 Å². The molecule has 0 spiro atoms. The van der Waals surface area contributed by atoms with Gasteiger partial charge in [0.2, 0.25) is 0 Å². The Kier molecular flexibility index (Phi) is 3.52. The molecular weight excluding hydrogens is 230 g/mol. The van der Waals surface area contributed by atoms with Gasteiger partial charge in [-0.2, -0.15) is 0 Å². The van der Waals surface area contributed by atoms with Crippen molar-refractivity contribution in [2.75, 3.05) is 11.9 Å². The third-order valence-electron chi connectivity index (χ3n) is 3.70. The smallest absolute Gasteiger partial charge is 0.292 e. The molecule has 0 heterocycles. The number of anilines is 1. The molecule has 3 N–H and O–H groups in total. The minimum absolute atomic E-state index is 0.134. The van der Waals surface area contributed by atoms with E-state index in [2.05, 4.69) is 5.32 Å². The molecule has 0 unspecified atom stereocenters. The van der Waals surface area contributed by atoms with Crippen molar-refractivity contribution in [1.82, 2.24) is 0 Å². The summed E-state index contributed by atoms with van der Waals surface area (Å²) in [6.07, 6.45) is 4.22. The summed E-state index contributed by atoms with van der Waals surface area (Å²) in [6.45, 7) is 2.36. The van der Waals surface area contributed by atoms with Gasteiger partial charge in [-0.15, -0.1) is 0 Å². The van der Waals surface area contributed by atoms with Crippen LogP contribution in [0.5, 0.6) is 0 Å². The van der Waals surface area contributed by atoms with Crippen LogP contribution in [-0.4, -0.2) is 17.0 Å². The first-order chi connectivity index (χ1) is 8.56. The lowest BCUT2D eigenvalue weighted by atomic mass is 9.97. The number of nitrogens with one attached hydrogen (secondary N) is 1. The van der Waals surface area contributed by atoms with Crippen LogP contribution in [0.2, 0.25) is 0 Å². The van der Waals surface area contributed by atoms with Crippen molar-refractivity contribution in [2.24, 2.45) is 5.73 Å². The molecule has 0 aromatic heterocycles. The van der Waals surface area contributed by atoms with Gasteiger partial charge in [-0.25, -0.2) is 0 Å². The summed E-state index contributed by atoms with van der Waals surface area (Å²) in [5.74, 6) is 0. The van der Waals surface area contributed by atoms with Crippen LogP contribution in [-0.2, 0) is 0 Å². The topological polar surface area (TPSA) is 81.2 Å². The average Bonchev–Trinajstić information content (AvgIpc) is 2.80. The number of hydrogen-bond donors (Lipinski definition) is 2. The first-order valence-corrected chi connectivity index (χ1v) is 6.30.